The zero-order valence-corrected chi connectivity index (χ0v) is 24.1. The molecule has 0 aliphatic heterocycles. The molecule has 0 atom stereocenters. The van der Waals surface area contributed by atoms with E-state index < -0.39 is 41.4 Å². The van der Waals surface area contributed by atoms with E-state index >= 15 is 4.39 Å². The minimum Gasteiger partial charge on any atom is -0.488 e. The van der Waals surface area contributed by atoms with Crippen LogP contribution in [0.4, 0.5) is 22.0 Å². The Labute approximate surface area is 247 Å². The topological polar surface area (TPSA) is 18.5 Å². The molecule has 2 nitrogen and oxygen atoms in total. The first-order valence-corrected chi connectivity index (χ1v) is 13.7. The van der Waals surface area contributed by atoms with Gasteiger partial charge in [-0.25, -0.2) is 22.0 Å². The highest BCUT2D eigenvalue weighted by Crippen LogP contribution is 2.33. The minimum absolute atomic E-state index is 0.00429. The maximum absolute atomic E-state index is 15.2. The maximum atomic E-state index is 15.2. The van der Waals surface area contributed by atoms with Gasteiger partial charge in [0.25, 0.3) is 0 Å². The Balaban J connectivity index is 1.29. The monoisotopic (exact) mass is 588 g/mol. The van der Waals surface area contributed by atoms with E-state index in [1.54, 1.807) is 6.07 Å². The Bertz CT molecular complexity index is 1740. The van der Waals surface area contributed by atoms with E-state index in [-0.39, 0.29) is 22.3 Å². The van der Waals surface area contributed by atoms with Crippen LogP contribution in [0.1, 0.15) is 33.4 Å². The molecule has 5 aromatic carbocycles. The summed E-state index contributed by atoms with van der Waals surface area (Å²) in [5.41, 5.74) is 5.52. The fourth-order valence-corrected chi connectivity index (χ4v) is 5.06. The Morgan fingerprint density at radius 2 is 0.977 bits per heavy atom. The zero-order valence-electron chi connectivity index (χ0n) is 24.1. The summed E-state index contributed by atoms with van der Waals surface area (Å²) in [5.74, 6) is -4.24. The second-order valence-corrected chi connectivity index (χ2v) is 10.7. The third-order valence-corrected chi connectivity index (χ3v) is 7.28. The number of benzene rings is 5. The molecule has 0 saturated carbocycles. The smallest absolute Gasteiger partial charge is 0.191 e. The molecule has 0 aliphatic carbocycles. The van der Waals surface area contributed by atoms with Crippen LogP contribution in [-0.2, 0) is 13.2 Å². The highest BCUT2D eigenvalue weighted by atomic mass is 19.1. The molecule has 0 amide bonds. The molecule has 0 aliphatic rings. The fourth-order valence-electron chi connectivity index (χ4n) is 5.06. The summed E-state index contributed by atoms with van der Waals surface area (Å²) in [6, 6.07) is 20.1. The summed E-state index contributed by atoms with van der Waals surface area (Å²) >= 11 is 0. The number of aryl methyl sites for hydroxylation is 3. The summed E-state index contributed by atoms with van der Waals surface area (Å²) < 4.78 is 83.7. The van der Waals surface area contributed by atoms with Crippen molar-refractivity contribution in [3.63, 3.8) is 0 Å². The van der Waals surface area contributed by atoms with Crippen molar-refractivity contribution in [3.05, 3.63) is 141 Å². The average molecular weight is 589 g/mol. The largest absolute Gasteiger partial charge is 0.488 e. The molecule has 5 aromatic rings. The minimum atomic E-state index is -1.07. The van der Waals surface area contributed by atoms with E-state index in [1.807, 2.05) is 45.0 Å². The Hall–Kier alpha value is -4.65. The van der Waals surface area contributed by atoms with Crippen LogP contribution in [0.3, 0.4) is 0 Å². The summed E-state index contributed by atoms with van der Waals surface area (Å²) in [6.07, 6.45) is 0. The highest BCUT2D eigenvalue weighted by Gasteiger charge is 2.17. The molecule has 0 unspecified atom stereocenters. The number of rotatable bonds is 8. The van der Waals surface area contributed by atoms with Crippen LogP contribution in [0.5, 0.6) is 11.5 Å². The standard InChI is InChI=1S/C36H29F5O2/c1-20-11-21(2)35(22(3)12-20)42-18-24-5-7-26(8-6-24)27-9-10-29(32(39)15-27)28-16-33(40)36(34(41)17-28)43-19-25-13-30(37)23(4)31(38)14-25/h5-17H,18-19H2,1-4H3. The van der Waals surface area contributed by atoms with Gasteiger partial charge in [-0.2, -0.15) is 0 Å². The van der Waals surface area contributed by atoms with Gasteiger partial charge >= 0.3 is 0 Å². The van der Waals surface area contributed by atoms with Crippen molar-refractivity contribution < 1.29 is 31.4 Å². The van der Waals surface area contributed by atoms with Crippen LogP contribution in [0, 0.1) is 56.8 Å². The van der Waals surface area contributed by atoms with Crippen molar-refractivity contribution in [2.24, 2.45) is 0 Å². The Morgan fingerprint density at radius 3 is 1.56 bits per heavy atom. The van der Waals surface area contributed by atoms with Crippen molar-refractivity contribution in [2.45, 2.75) is 40.9 Å². The van der Waals surface area contributed by atoms with Crippen molar-refractivity contribution >= 4 is 0 Å². The van der Waals surface area contributed by atoms with Gasteiger partial charge in [-0.1, -0.05) is 54.1 Å². The second-order valence-electron chi connectivity index (χ2n) is 10.7. The van der Waals surface area contributed by atoms with Crippen LogP contribution < -0.4 is 9.47 Å². The highest BCUT2D eigenvalue weighted by molar-refractivity contribution is 5.71. The Kier molecular flexibility index (Phi) is 8.53. The molecule has 220 valence electrons. The van der Waals surface area contributed by atoms with Crippen molar-refractivity contribution in [1.29, 1.82) is 0 Å². The van der Waals surface area contributed by atoms with Gasteiger partial charge in [0.05, 0.1) is 0 Å². The molecule has 0 N–H and O–H groups in total. The SMILES string of the molecule is Cc1cc(C)c(OCc2ccc(-c3ccc(-c4cc(F)c(OCc5cc(F)c(C)c(F)c5)c(F)c4)c(F)c3)cc2)c(C)c1. The van der Waals surface area contributed by atoms with Gasteiger partial charge in [-0.15, -0.1) is 0 Å². The Morgan fingerprint density at radius 1 is 0.465 bits per heavy atom. The van der Waals surface area contributed by atoms with Gasteiger partial charge in [-0.3, -0.25) is 0 Å². The van der Waals surface area contributed by atoms with E-state index in [2.05, 4.69) is 12.1 Å². The van der Waals surface area contributed by atoms with Crippen LogP contribution in [0.2, 0.25) is 0 Å². The van der Waals surface area contributed by atoms with Gasteiger partial charge in [0.15, 0.2) is 17.4 Å². The van der Waals surface area contributed by atoms with Gasteiger partial charge in [-0.05, 0) is 97.0 Å². The lowest BCUT2D eigenvalue weighted by Crippen LogP contribution is -2.03. The molecule has 0 aromatic heterocycles. The molecule has 0 radical (unpaired) electrons. The lowest BCUT2D eigenvalue weighted by Gasteiger charge is -2.14. The number of hydrogen-bond acceptors (Lipinski definition) is 2. The number of ether oxygens (including phenoxy) is 2. The van der Waals surface area contributed by atoms with Crippen molar-refractivity contribution in [2.75, 3.05) is 0 Å². The van der Waals surface area contributed by atoms with Gasteiger partial charge in [0.1, 0.15) is 36.4 Å². The molecule has 0 bridgehead atoms. The average Bonchev–Trinajstić information content (AvgIpc) is 2.95. The predicted molar refractivity (Wildman–Crippen MR) is 158 cm³/mol. The first-order chi connectivity index (χ1) is 20.5. The molecule has 0 fully saturated rings. The zero-order chi connectivity index (χ0) is 30.8. The van der Waals surface area contributed by atoms with Crippen LogP contribution >= 0.6 is 0 Å². The van der Waals surface area contributed by atoms with Gasteiger partial charge < -0.3 is 9.47 Å². The van der Waals surface area contributed by atoms with E-state index in [0.717, 1.165) is 52.3 Å². The number of halogens is 5. The fraction of sp³-hybridized carbons (Fsp3) is 0.167. The molecular weight excluding hydrogens is 559 g/mol. The van der Waals surface area contributed by atoms with E-state index in [9.17, 15) is 17.6 Å². The number of hydrogen-bond donors (Lipinski definition) is 0. The van der Waals surface area contributed by atoms with Crippen LogP contribution in [0.25, 0.3) is 22.3 Å². The van der Waals surface area contributed by atoms with Gasteiger partial charge in [0.2, 0.25) is 0 Å². The van der Waals surface area contributed by atoms with Gasteiger partial charge in [0, 0.05) is 11.1 Å². The molecule has 0 heterocycles. The summed E-state index contributed by atoms with van der Waals surface area (Å²) in [6.45, 7) is 7.28. The summed E-state index contributed by atoms with van der Waals surface area (Å²) in [5, 5.41) is 0. The maximum Gasteiger partial charge on any atom is 0.191 e. The first kappa shape index (κ1) is 29.8. The van der Waals surface area contributed by atoms with E-state index in [4.69, 9.17) is 9.47 Å². The van der Waals surface area contributed by atoms with E-state index in [1.165, 1.54) is 24.6 Å². The van der Waals surface area contributed by atoms with E-state index in [0.29, 0.717) is 12.2 Å². The van der Waals surface area contributed by atoms with Crippen molar-refractivity contribution in [1.82, 2.24) is 0 Å². The molecule has 5 rings (SSSR count). The molecule has 0 spiro atoms. The summed E-state index contributed by atoms with van der Waals surface area (Å²) in [4.78, 5) is 0. The molecule has 7 heteroatoms. The lowest BCUT2D eigenvalue weighted by molar-refractivity contribution is 0.273. The molecular formula is C36H29F5O2. The third-order valence-electron chi connectivity index (χ3n) is 7.28. The quantitative estimate of drug-likeness (QED) is 0.168. The first-order valence-electron chi connectivity index (χ1n) is 13.7. The van der Waals surface area contributed by atoms with Crippen LogP contribution in [-0.4, -0.2) is 0 Å². The predicted octanol–water partition coefficient (Wildman–Crippen LogP) is 10.1. The van der Waals surface area contributed by atoms with Crippen LogP contribution in [0.15, 0.2) is 78.9 Å². The molecule has 43 heavy (non-hydrogen) atoms. The third kappa shape index (κ3) is 6.56. The second kappa shape index (κ2) is 12.3. The normalized spacial score (nSPS) is 11.1. The lowest BCUT2D eigenvalue weighted by atomic mass is 9.98. The van der Waals surface area contributed by atoms with Crippen molar-refractivity contribution in [3.8, 4) is 33.8 Å². The molecule has 0 saturated heterocycles. The summed E-state index contributed by atoms with van der Waals surface area (Å²) in [7, 11) is 0.